The quantitative estimate of drug-likeness (QED) is 0.869. The summed E-state index contributed by atoms with van der Waals surface area (Å²) in [7, 11) is 2.09. The number of rotatable bonds is 4. The summed E-state index contributed by atoms with van der Waals surface area (Å²) in [5.74, 6) is 0.919. The van der Waals surface area contributed by atoms with Crippen LogP contribution in [0.5, 0.6) is 5.75 Å². The van der Waals surface area contributed by atoms with Crippen molar-refractivity contribution >= 4 is 6.41 Å². The third-order valence-electron chi connectivity index (χ3n) is 4.58. The first-order chi connectivity index (χ1) is 10.3. The van der Waals surface area contributed by atoms with Gasteiger partial charge in [0.25, 0.3) is 0 Å². The average molecular weight is 304 g/mol. The minimum absolute atomic E-state index is 0.0619. The molecule has 4 heteroatoms. The number of benzene rings is 1. The van der Waals surface area contributed by atoms with E-state index in [0.29, 0.717) is 5.75 Å². The van der Waals surface area contributed by atoms with Gasteiger partial charge in [-0.15, -0.1) is 0 Å². The molecule has 1 amide bonds. The molecular formula is C18H28N2O2. The molecule has 1 atom stereocenters. The lowest BCUT2D eigenvalue weighted by molar-refractivity contribution is -0.122. The molecule has 1 aliphatic rings. The molecule has 1 aromatic rings. The van der Waals surface area contributed by atoms with Crippen molar-refractivity contribution in [3.8, 4) is 5.75 Å². The first kappa shape index (κ1) is 16.8. The predicted octanol–water partition coefficient (Wildman–Crippen LogP) is 3.08. The highest BCUT2D eigenvalue weighted by Crippen LogP contribution is 2.37. The molecule has 1 aliphatic heterocycles. The molecule has 2 rings (SSSR count). The third kappa shape index (κ3) is 3.27. The smallest absolute Gasteiger partial charge is 0.210 e. The molecule has 0 aliphatic carbocycles. The maximum absolute atomic E-state index is 11.4. The second-order valence-corrected chi connectivity index (χ2v) is 6.98. The molecule has 122 valence electrons. The summed E-state index contributed by atoms with van der Waals surface area (Å²) in [5.41, 5.74) is 3.07. The molecule has 4 nitrogen and oxygen atoms in total. The van der Waals surface area contributed by atoms with Gasteiger partial charge in [0.05, 0.1) is 6.04 Å². The van der Waals surface area contributed by atoms with Crippen molar-refractivity contribution in [2.24, 2.45) is 0 Å². The van der Waals surface area contributed by atoms with E-state index in [1.54, 1.807) is 0 Å². The van der Waals surface area contributed by atoms with Crippen LogP contribution >= 0.6 is 0 Å². The summed E-state index contributed by atoms with van der Waals surface area (Å²) in [6.45, 7) is 10.8. The number of phenols is 1. The van der Waals surface area contributed by atoms with Crippen LogP contribution in [0.2, 0.25) is 0 Å². The van der Waals surface area contributed by atoms with Crippen LogP contribution in [0, 0.1) is 0 Å². The van der Waals surface area contributed by atoms with Crippen molar-refractivity contribution in [1.82, 2.24) is 9.80 Å². The van der Waals surface area contributed by atoms with Gasteiger partial charge in [0.2, 0.25) is 6.41 Å². The van der Waals surface area contributed by atoms with Gasteiger partial charge in [-0.2, -0.15) is 0 Å². The summed E-state index contributed by atoms with van der Waals surface area (Å²) >= 11 is 0. The average Bonchev–Trinajstić information content (AvgIpc) is 2.46. The van der Waals surface area contributed by atoms with Gasteiger partial charge in [-0.3, -0.25) is 4.79 Å². The Hall–Kier alpha value is -1.55. The predicted molar refractivity (Wildman–Crippen MR) is 89.3 cm³/mol. The first-order valence-corrected chi connectivity index (χ1v) is 8.11. The van der Waals surface area contributed by atoms with Gasteiger partial charge in [-0.05, 0) is 47.7 Å². The Morgan fingerprint density at radius 2 is 1.68 bits per heavy atom. The Morgan fingerprint density at radius 1 is 1.14 bits per heavy atom. The number of carbonyl (C=O) groups is 1. The lowest BCUT2D eigenvalue weighted by Crippen LogP contribution is -2.46. The van der Waals surface area contributed by atoms with Gasteiger partial charge in [-0.25, -0.2) is 0 Å². The summed E-state index contributed by atoms with van der Waals surface area (Å²) in [4.78, 5) is 15.5. The first-order valence-electron chi connectivity index (χ1n) is 8.11. The zero-order chi connectivity index (χ0) is 16.4. The lowest BCUT2D eigenvalue weighted by atomic mass is 9.88. The van der Waals surface area contributed by atoms with E-state index in [9.17, 15) is 9.90 Å². The molecule has 1 unspecified atom stereocenters. The van der Waals surface area contributed by atoms with Crippen LogP contribution < -0.4 is 0 Å². The number of phenolic OH excluding ortho intramolecular Hbond substituents is 1. The fraction of sp³-hybridized carbons (Fsp3) is 0.611. The van der Waals surface area contributed by atoms with E-state index < -0.39 is 0 Å². The zero-order valence-electron chi connectivity index (χ0n) is 14.3. The number of aromatic hydroxyl groups is 1. The lowest BCUT2D eigenvalue weighted by Gasteiger charge is -2.38. The maximum atomic E-state index is 11.4. The summed E-state index contributed by atoms with van der Waals surface area (Å²) in [6.07, 6.45) is 0.953. The number of amides is 1. The molecule has 22 heavy (non-hydrogen) atoms. The Bertz CT molecular complexity index is 511. The van der Waals surface area contributed by atoms with Crippen LogP contribution in [0.4, 0.5) is 0 Å². The summed E-state index contributed by atoms with van der Waals surface area (Å²) in [5, 5.41) is 10.5. The molecule has 0 radical (unpaired) electrons. The SMILES string of the molecule is CC(C)c1cc(C2CN(C)CCN2C=O)cc(C(C)C)c1O. The molecular weight excluding hydrogens is 276 g/mol. The van der Waals surface area contributed by atoms with Gasteiger partial charge in [0, 0.05) is 19.6 Å². The standard InChI is InChI=1S/C18H28N2O2/c1-12(2)15-8-14(9-16(13(3)4)18(15)22)17-10-19(5)6-7-20(17)11-21/h8-9,11-13,17,22H,6-7,10H2,1-5H3. The molecule has 1 heterocycles. The molecule has 1 aromatic carbocycles. The van der Waals surface area contributed by atoms with Crippen molar-refractivity contribution in [2.75, 3.05) is 26.7 Å². The van der Waals surface area contributed by atoms with Crippen molar-refractivity contribution in [3.63, 3.8) is 0 Å². The number of carbonyl (C=O) groups excluding carboxylic acids is 1. The second kappa shape index (κ2) is 6.69. The van der Waals surface area contributed by atoms with Crippen LogP contribution in [0.25, 0.3) is 0 Å². The molecule has 0 aromatic heterocycles. The van der Waals surface area contributed by atoms with E-state index in [4.69, 9.17) is 0 Å². The Balaban J connectivity index is 2.51. The van der Waals surface area contributed by atoms with Gasteiger partial charge in [-0.1, -0.05) is 27.7 Å². The van der Waals surface area contributed by atoms with Gasteiger partial charge in [0.1, 0.15) is 5.75 Å². The second-order valence-electron chi connectivity index (χ2n) is 6.98. The topological polar surface area (TPSA) is 43.8 Å². The molecule has 1 saturated heterocycles. The highest BCUT2D eigenvalue weighted by molar-refractivity contribution is 5.52. The highest BCUT2D eigenvalue weighted by Gasteiger charge is 2.27. The Kier molecular flexibility index (Phi) is 5.12. The zero-order valence-corrected chi connectivity index (χ0v) is 14.3. The van der Waals surface area contributed by atoms with Crippen LogP contribution in [0.15, 0.2) is 12.1 Å². The Morgan fingerprint density at radius 3 is 2.14 bits per heavy atom. The fourth-order valence-electron chi connectivity index (χ4n) is 3.13. The summed E-state index contributed by atoms with van der Waals surface area (Å²) in [6, 6.07) is 4.21. The van der Waals surface area contributed by atoms with E-state index in [1.807, 2.05) is 4.90 Å². The molecule has 0 saturated carbocycles. The van der Waals surface area contributed by atoms with E-state index in [2.05, 4.69) is 51.8 Å². The van der Waals surface area contributed by atoms with E-state index in [1.165, 1.54) is 0 Å². The Labute approximate surface area is 133 Å². The van der Waals surface area contributed by atoms with Gasteiger partial charge >= 0.3 is 0 Å². The van der Waals surface area contributed by atoms with Crippen molar-refractivity contribution in [3.05, 3.63) is 28.8 Å². The number of likely N-dealkylation sites (N-methyl/N-ethyl adjacent to an activating group) is 1. The van der Waals surface area contributed by atoms with Gasteiger partial charge in [0.15, 0.2) is 0 Å². The number of hydrogen-bond acceptors (Lipinski definition) is 3. The molecule has 1 N–H and O–H groups in total. The largest absolute Gasteiger partial charge is 0.507 e. The van der Waals surface area contributed by atoms with Crippen LogP contribution in [-0.4, -0.2) is 48.0 Å². The summed E-state index contributed by atoms with van der Waals surface area (Å²) < 4.78 is 0. The van der Waals surface area contributed by atoms with Crippen LogP contribution in [-0.2, 0) is 4.79 Å². The van der Waals surface area contributed by atoms with E-state index >= 15 is 0 Å². The van der Waals surface area contributed by atoms with Crippen LogP contribution in [0.1, 0.15) is 62.3 Å². The molecule has 0 bridgehead atoms. The minimum atomic E-state index is 0.0619. The number of piperazine rings is 1. The maximum Gasteiger partial charge on any atom is 0.210 e. The van der Waals surface area contributed by atoms with E-state index in [-0.39, 0.29) is 17.9 Å². The minimum Gasteiger partial charge on any atom is -0.507 e. The fourth-order valence-corrected chi connectivity index (χ4v) is 3.13. The van der Waals surface area contributed by atoms with Crippen molar-refractivity contribution in [1.29, 1.82) is 0 Å². The third-order valence-corrected chi connectivity index (χ3v) is 4.58. The number of hydrogen-bond donors (Lipinski definition) is 1. The van der Waals surface area contributed by atoms with Crippen LogP contribution in [0.3, 0.4) is 0 Å². The number of nitrogens with zero attached hydrogens (tertiary/aromatic N) is 2. The molecule has 0 spiro atoms. The van der Waals surface area contributed by atoms with Gasteiger partial charge < -0.3 is 14.9 Å². The monoisotopic (exact) mass is 304 g/mol. The van der Waals surface area contributed by atoms with Crippen molar-refractivity contribution < 1.29 is 9.90 Å². The highest BCUT2D eigenvalue weighted by atomic mass is 16.3. The van der Waals surface area contributed by atoms with E-state index in [0.717, 1.165) is 42.7 Å². The van der Waals surface area contributed by atoms with Crippen molar-refractivity contribution in [2.45, 2.75) is 45.6 Å². The molecule has 1 fully saturated rings. The normalized spacial score (nSPS) is 20.0.